The van der Waals surface area contributed by atoms with Gasteiger partial charge in [0.25, 0.3) is 0 Å². The van der Waals surface area contributed by atoms with Gasteiger partial charge in [-0.3, -0.25) is 5.41 Å². The van der Waals surface area contributed by atoms with E-state index in [0.717, 1.165) is 12.5 Å². The molecule has 0 saturated heterocycles. The predicted octanol–water partition coefficient (Wildman–Crippen LogP) is 2.89. The minimum Gasteiger partial charge on any atom is -0.384 e. The molecule has 0 saturated carbocycles. The van der Waals surface area contributed by atoms with Gasteiger partial charge in [-0.25, -0.2) is 4.98 Å². The number of alkyl halides is 3. The van der Waals surface area contributed by atoms with Crippen molar-refractivity contribution in [1.29, 1.82) is 5.41 Å². The Kier molecular flexibility index (Phi) is 4.39. The van der Waals surface area contributed by atoms with Gasteiger partial charge in [0, 0.05) is 5.56 Å². The lowest BCUT2D eigenvalue weighted by Crippen LogP contribution is -2.16. The zero-order valence-electron chi connectivity index (χ0n) is 9.14. The Labute approximate surface area is 101 Å². The highest BCUT2D eigenvalue weighted by molar-refractivity contribution is 7.99. The smallest absolute Gasteiger partial charge is 0.384 e. The number of hydrogen-bond acceptors (Lipinski definition) is 3. The van der Waals surface area contributed by atoms with E-state index in [0.29, 0.717) is 5.75 Å². The summed E-state index contributed by atoms with van der Waals surface area (Å²) in [6, 6.07) is 2.03. The van der Waals surface area contributed by atoms with Crippen LogP contribution >= 0.6 is 11.8 Å². The molecular weight excluding hydrogens is 251 g/mol. The molecule has 1 heterocycles. The SMILES string of the molecule is CCCSc1nc(C(F)(F)F)ccc1C(=N)N. The maximum atomic E-state index is 12.5. The molecule has 7 heteroatoms. The van der Waals surface area contributed by atoms with E-state index in [-0.39, 0.29) is 16.4 Å². The van der Waals surface area contributed by atoms with Crippen LogP contribution in [0.1, 0.15) is 24.6 Å². The maximum absolute atomic E-state index is 12.5. The second-order valence-electron chi connectivity index (χ2n) is 3.31. The molecule has 0 bridgehead atoms. The number of nitrogen functional groups attached to an aromatic ring is 1. The number of hydrogen-bond donors (Lipinski definition) is 2. The second kappa shape index (κ2) is 5.39. The number of nitrogens with zero attached hydrogens (tertiary/aromatic N) is 1. The zero-order chi connectivity index (χ0) is 13.1. The third-order valence-electron chi connectivity index (χ3n) is 1.88. The van der Waals surface area contributed by atoms with E-state index in [1.807, 2.05) is 6.92 Å². The third kappa shape index (κ3) is 3.62. The molecule has 17 heavy (non-hydrogen) atoms. The first-order chi connectivity index (χ1) is 7.86. The van der Waals surface area contributed by atoms with Crippen molar-refractivity contribution in [1.82, 2.24) is 4.98 Å². The summed E-state index contributed by atoms with van der Waals surface area (Å²) in [5.41, 5.74) is 4.58. The Hall–Kier alpha value is -1.24. The van der Waals surface area contributed by atoms with Crippen molar-refractivity contribution in [3.05, 3.63) is 23.4 Å². The number of rotatable bonds is 4. The fourth-order valence-electron chi connectivity index (χ4n) is 1.11. The normalized spacial score (nSPS) is 11.5. The molecule has 0 aromatic carbocycles. The van der Waals surface area contributed by atoms with Crippen LogP contribution in [0.25, 0.3) is 0 Å². The van der Waals surface area contributed by atoms with Gasteiger partial charge in [0.1, 0.15) is 16.6 Å². The molecule has 3 N–H and O–H groups in total. The third-order valence-corrected chi connectivity index (χ3v) is 3.08. The Morgan fingerprint density at radius 3 is 2.59 bits per heavy atom. The number of nitrogens with two attached hydrogens (primary N) is 1. The summed E-state index contributed by atoms with van der Waals surface area (Å²) in [4.78, 5) is 3.52. The van der Waals surface area contributed by atoms with Crippen LogP contribution in [-0.2, 0) is 6.18 Å². The van der Waals surface area contributed by atoms with E-state index in [1.165, 1.54) is 17.8 Å². The van der Waals surface area contributed by atoms with Crippen molar-refractivity contribution >= 4 is 17.6 Å². The van der Waals surface area contributed by atoms with Crippen molar-refractivity contribution in [2.45, 2.75) is 24.5 Å². The summed E-state index contributed by atoms with van der Waals surface area (Å²) in [5, 5.41) is 7.44. The van der Waals surface area contributed by atoms with Crippen LogP contribution in [0.3, 0.4) is 0 Å². The van der Waals surface area contributed by atoms with Gasteiger partial charge in [-0.1, -0.05) is 6.92 Å². The minimum absolute atomic E-state index is 0.161. The molecule has 0 atom stereocenters. The van der Waals surface area contributed by atoms with Gasteiger partial charge in [-0.2, -0.15) is 13.2 Å². The van der Waals surface area contributed by atoms with Gasteiger partial charge in [0.2, 0.25) is 0 Å². The summed E-state index contributed by atoms with van der Waals surface area (Å²) in [6.45, 7) is 1.91. The number of pyridine rings is 1. The van der Waals surface area contributed by atoms with Gasteiger partial charge in [-0.05, 0) is 24.3 Å². The molecule has 0 unspecified atom stereocenters. The molecule has 0 spiro atoms. The van der Waals surface area contributed by atoms with Crippen LogP contribution in [0.4, 0.5) is 13.2 Å². The number of aromatic nitrogens is 1. The van der Waals surface area contributed by atoms with Crippen LogP contribution < -0.4 is 5.73 Å². The Bertz CT molecular complexity index is 418. The largest absolute Gasteiger partial charge is 0.433 e. The standard InChI is InChI=1S/C10H12F3N3S/c1-2-5-17-9-6(8(14)15)3-4-7(16-9)10(11,12)13/h3-4H,2,5H2,1H3,(H3,14,15). The molecular formula is C10H12F3N3S. The predicted molar refractivity (Wildman–Crippen MR) is 61.3 cm³/mol. The average molecular weight is 263 g/mol. The summed E-state index contributed by atoms with van der Waals surface area (Å²) < 4.78 is 37.4. The second-order valence-corrected chi connectivity index (χ2v) is 4.39. The summed E-state index contributed by atoms with van der Waals surface area (Å²) >= 11 is 1.17. The van der Waals surface area contributed by atoms with Crippen LogP contribution in [0.2, 0.25) is 0 Å². The number of amidine groups is 1. The highest BCUT2D eigenvalue weighted by Gasteiger charge is 2.33. The van der Waals surface area contributed by atoms with Crippen LogP contribution in [0.5, 0.6) is 0 Å². The Balaban J connectivity index is 3.14. The molecule has 1 aromatic heterocycles. The van der Waals surface area contributed by atoms with Crippen molar-refractivity contribution in [2.75, 3.05) is 5.75 Å². The lowest BCUT2D eigenvalue weighted by atomic mass is 10.2. The molecule has 3 nitrogen and oxygen atoms in total. The highest BCUT2D eigenvalue weighted by Crippen LogP contribution is 2.30. The van der Waals surface area contributed by atoms with E-state index < -0.39 is 11.9 Å². The van der Waals surface area contributed by atoms with Gasteiger partial charge in [0.05, 0.1) is 0 Å². The molecule has 1 aromatic rings. The van der Waals surface area contributed by atoms with Crippen molar-refractivity contribution in [2.24, 2.45) is 5.73 Å². The first-order valence-electron chi connectivity index (χ1n) is 4.91. The lowest BCUT2D eigenvalue weighted by Gasteiger charge is -2.11. The molecule has 0 amide bonds. The quantitative estimate of drug-likeness (QED) is 0.499. The zero-order valence-corrected chi connectivity index (χ0v) is 9.95. The molecule has 0 aliphatic heterocycles. The van der Waals surface area contributed by atoms with Crippen LogP contribution in [0, 0.1) is 5.41 Å². The molecule has 0 aliphatic carbocycles. The number of nitrogens with one attached hydrogen (secondary N) is 1. The molecule has 1 rings (SSSR count). The minimum atomic E-state index is -4.48. The highest BCUT2D eigenvalue weighted by atomic mass is 32.2. The summed E-state index contributed by atoms with van der Waals surface area (Å²) in [7, 11) is 0. The maximum Gasteiger partial charge on any atom is 0.433 e. The van der Waals surface area contributed by atoms with Gasteiger partial charge >= 0.3 is 6.18 Å². The topological polar surface area (TPSA) is 62.8 Å². The summed E-state index contributed by atoms with van der Waals surface area (Å²) in [6.07, 6.45) is -3.67. The average Bonchev–Trinajstić information content (AvgIpc) is 2.24. The van der Waals surface area contributed by atoms with Crippen molar-refractivity contribution in [3.8, 4) is 0 Å². The van der Waals surface area contributed by atoms with E-state index >= 15 is 0 Å². The first-order valence-corrected chi connectivity index (χ1v) is 5.90. The van der Waals surface area contributed by atoms with Crippen LogP contribution in [-0.4, -0.2) is 16.6 Å². The fourth-order valence-corrected chi connectivity index (χ4v) is 2.01. The number of halogens is 3. The fraction of sp³-hybridized carbons (Fsp3) is 0.400. The van der Waals surface area contributed by atoms with Crippen LogP contribution in [0.15, 0.2) is 17.2 Å². The van der Waals surface area contributed by atoms with Gasteiger partial charge in [0.15, 0.2) is 0 Å². The first kappa shape index (κ1) is 13.8. The monoisotopic (exact) mass is 263 g/mol. The molecule has 0 fully saturated rings. The number of thioether (sulfide) groups is 1. The van der Waals surface area contributed by atoms with Gasteiger partial charge < -0.3 is 5.73 Å². The summed E-state index contributed by atoms with van der Waals surface area (Å²) in [5.74, 6) is 0.360. The Morgan fingerprint density at radius 1 is 1.47 bits per heavy atom. The van der Waals surface area contributed by atoms with Gasteiger partial charge in [-0.15, -0.1) is 11.8 Å². The van der Waals surface area contributed by atoms with E-state index in [2.05, 4.69) is 4.98 Å². The van der Waals surface area contributed by atoms with Crippen molar-refractivity contribution < 1.29 is 13.2 Å². The molecule has 0 aliphatic rings. The van der Waals surface area contributed by atoms with Crippen molar-refractivity contribution in [3.63, 3.8) is 0 Å². The van der Waals surface area contributed by atoms with E-state index in [1.54, 1.807) is 0 Å². The molecule has 0 radical (unpaired) electrons. The van der Waals surface area contributed by atoms with E-state index in [9.17, 15) is 13.2 Å². The molecule has 94 valence electrons. The van der Waals surface area contributed by atoms with E-state index in [4.69, 9.17) is 11.1 Å². The lowest BCUT2D eigenvalue weighted by molar-refractivity contribution is -0.141. The Morgan fingerprint density at radius 2 is 2.12 bits per heavy atom.